The summed E-state index contributed by atoms with van der Waals surface area (Å²) in [5.41, 5.74) is 0. The second kappa shape index (κ2) is 9.15. The Hall–Kier alpha value is -1.91. The summed E-state index contributed by atoms with van der Waals surface area (Å²) in [6.45, 7) is 0. The molecule has 0 aliphatic carbocycles. The molecular weight excluding hydrogens is 393 g/mol. The topological polar surface area (TPSA) is 88.5 Å². The summed E-state index contributed by atoms with van der Waals surface area (Å²) in [7, 11) is -7.59. The smallest absolute Gasteiger partial charge is 0.286 e. The van der Waals surface area contributed by atoms with Gasteiger partial charge in [0.05, 0.1) is 15.5 Å². The molecule has 2 aromatic rings. The van der Waals surface area contributed by atoms with Gasteiger partial charge in [0.1, 0.15) is 0 Å². The molecule has 5 nitrogen and oxygen atoms in total. The summed E-state index contributed by atoms with van der Waals surface area (Å²) in [6, 6.07) is 16.9. The Kier molecular flexibility index (Phi) is 7.79. The van der Waals surface area contributed by atoms with Crippen molar-refractivity contribution in [2.75, 3.05) is 5.75 Å². The maximum Gasteiger partial charge on any atom is 0.389 e. The molecule has 2 rings (SSSR count). The maximum atomic E-state index is 12.0. The van der Waals surface area contributed by atoms with E-state index in [1.165, 1.54) is 0 Å². The molecule has 0 radical (unpaired) electrons. The van der Waals surface area contributed by atoms with Crippen LogP contribution in [-0.2, 0) is 20.0 Å². The molecule has 0 amide bonds. The Balaban J connectivity index is 0.000000276. The summed E-state index contributed by atoms with van der Waals surface area (Å²) in [4.78, 5) is 0.660. The molecule has 144 valence electrons. The van der Waals surface area contributed by atoms with Crippen molar-refractivity contribution >= 4 is 20.0 Å². The van der Waals surface area contributed by atoms with Crippen LogP contribution < -0.4 is 0 Å². The molecule has 26 heavy (non-hydrogen) atoms. The number of sulfone groups is 1. The Morgan fingerprint density at radius 1 is 0.769 bits per heavy atom. The lowest BCUT2D eigenvalue weighted by atomic mass is 10.3. The van der Waals surface area contributed by atoms with Crippen LogP contribution >= 0.6 is 0 Å². The first-order valence-corrected chi connectivity index (χ1v) is 10.4. The van der Waals surface area contributed by atoms with E-state index in [4.69, 9.17) is 4.55 Å². The van der Waals surface area contributed by atoms with Gasteiger partial charge < -0.3 is 0 Å². The Morgan fingerprint density at radius 3 is 1.46 bits per heavy atom. The molecule has 2 aromatic carbocycles. The summed E-state index contributed by atoms with van der Waals surface area (Å²) >= 11 is 0. The van der Waals surface area contributed by atoms with Gasteiger partial charge in [0.25, 0.3) is 10.1 Å². The fourth-order valence-electron chi connectivity index (χ4n) is 1.79. The quantitative estimate of drug-likeness (QED) is 0.759. The van der Waals surface area contributed by atoms with E-state index in [1.807, 2.05) is 0 Å². The van der Waals surface area contributed by atoms with E-state index in [0.29, 0.717) is 9.79 Å². The van der Waals surface area contributed by atoms with Crippen LogP contribution in [-0.4, -0.2) is 33.3 Å². The molecule has 10 heteroatoms. The third kappa shape index (κ3) is 8.45. The summed E-state index contributed by atoms with van der Waals surface area (Å²) in [6.07, 6.45) is -6.14. The van der Waals surface area contributed by atoms with Crippen molar-refractivity contribution in [3.63, 3.8) is 0 Å². The first-order chi connectivity index (χ1) is 11.9. The van der Waals surface area contributed by atoms with Crippen LogP contribution in [0.25, 0.3) is 0 Å². The third-order valence-electron chi connectivity index (χ3n) is 2.97. The van der Waals surface area contributed by atoms with E-state index in [0.717, 1.165) is 0 Å². The highest BCUT2D eigenvalue weighted by atomic mass is 32.2. The molecular formula is C16H17F3O5S2. The fourth-order valence-corrected chi connectivity index (χ4v) is 3.60. The minimum Gasteiger partial charge on any atom is -0.286 e. The van der Waals surface area contributed by atoms with Gasteiger partial charge in [-0.1, -0.05) is 36.4 Å². The van der Waals surface area contributed by atoms with Gasteiger partial charge in [-0.15, -0.1) is 0 Å². The van der Waals surface area contributed by atoms with E-state index >= 15 is 0 Å². The van der Waals surface area contributed by atoms with Crippen LogP contribution in [0.3, 0.4) is 0 Å². The van der Waals surface area contributed by atoms with Gasteiger partial charge >= 0.3 is 6.18 Å². The molecule has 0 atom stereocenters. The molecule has 0 spiro atoms. The van der Waals surface area contributed by atoms with Crippen molar-refractivity contribution in [2.24, 2.45) is 0 Å². The van der Waals surface area contributed by atoms with E-state index in [-0.39, 0.29) is 0 Å². The number of hydrogen-bond acceptors (Lipinski definition) is 4. The molecule has 0 heterocycles. The maximum absolute atomic E-state index is 12.0. The van der Waals surface area contributed by atoms with Crippen molar-refractivity contribution in [2.45, 2.75) is 28.8 Å². The van der Waals surface area contributed by atoms with Gasteiger partial charge in [0.15, 0.2) is 0 Å². The molecule has 1 N–H and O–H groups in total. The minimum absolute atomic E-state index is 0.330. The average molecular weight is 410 g/mol. The first-order valence-electron chi connectivity index (χ1n) is 7.29. The van der Waals surface area contributed by atoms with Gasteiger partial charge in [-0.05, 0) is 30.7 Å². The normalized spacial score (nSPS) is 12.2. The number of rotatable bonds is 5. The lowest BCUT2D eigenvalue weighted by Gasteiger charge is -2.03. The Morgan fingerprint density at radius 2 is 1.15 bits per heavy atom. The lowest BCUT2D eigenvalue weighted by Crippen LogP contribution is -2.11. The summed E-state index contributed by atoms with van der Waals surface area (Å²) in [5.74, 6) is -0.841. The molecule has 0 bridgehead atoms. The summed E-state index contributed by atoms with van der Waals surface area (Å²) in [5, 5.41) is 0. The molecule has 0 aromatic heterocycles. The van der Waals surface area contributed by atoms with Crippen LogP contribution in [0.1, 0.15) is 12.8 Å². The van der Waals surface area contributed by atoms with Gasteiger partial charge in [0, 0.05) is 6.42 Å². The van der Waals surface area contributed by atoms with Gasteiger partial charge in [-0.25, -0.2) is 8.42 Å². The minimum atomic E-state index is -4.36. The van der Waals surface area contributed by atoms with Crippen LogP contribution in [0.15, 0.2) is 70.5 Å². The van der Waals surface area contributed by atoms with Gasteiger partial charge in [-0.2, -0.15) is 21.6 Å². The number of alkyl halides is 3. The zero-order valence-corrected chi connectivity index (χ0v) is 15.1. The molecule has 0 unspecified atom stereocenters. The largest absolute Gasteiger partial charge is 0.389 e. The predicted molar refractivity (Wildman–Crippen MR) is 90.0 cm³/mol. The number of hydrogen-bond donors (Lipinski definition) is 1. The highest BCUT2D eigenvalue weighted by Crippen LogP contribution is 2.21. The summed E-state index contributed by atoms with van der Waals surface area (Å²) < 4.78 is 86.0. The van der Waals surface area contributed by atoms with Crippen molar-refractivity contribution < 1.29 is 34.6 Å². The van der Waals surface area contributed by atoms with Crippen LogP contribution in [0, 0.1) is 0 Å². The molecule has 0 saturated carbocycles. The lowest BCUT2D eigenvalue weighted by molar-refractivity contribution is -0.134. The van der Waals surface area contributed by atoms with Crippen LogP contribution in [0.5, 0.6) is 0 Å². The van der Waals surface area contributed by atoms with Crippen LogP contribution in [0.4, 0.5) is 13.2 Å². The van der Waals surface area contributed by atoms with Crippen LogP contribution in [0.2, 0.25) is 0 Å². The van der Waals surface area contributed by atoms with E-state index in [9.17, 15) is 30.0 Å². The monoisotopic (exact) mass is 410 g/mol. The number of halogens is 3. The molecule has 0 fully saturated rings. The molecule has 0 aliphatic heterocycles. The number of benzene rings is 2. The average Bonchev–Trinajstić information content (AvgIpc) is 2.54. The van der Waals surface area contributed by atoms with Crippen molar-refractivity contribution in [3.8, 4) is 0 Å². The van der Waals surface area contributed by atoms with Crippen molar-refractivity contribution in [1.82, 2.24) is 0 Å². The first kappa shape index (κ1) is 22.1. The predicted octanol–water partition coefficient (Wildman–Crippen LogP) is 3.74. The van der Waals surface area contributed by atoms with Gasteiger partial charge in [0.2, 0.25) is 9.84 Å². The van der Waals surface area contributed by atoms with Gasteiger partial charge in [-0.3, -0.25) is 4.55 Å². The molecule has 0 aliphatic rings. The van der Waals surface area contributed by atoms with Crippen molar-refractivity contribution in [1.29, 1.82) is 0 Å². The van der Waals surface area contributed by atoms with Crippen molar-refractivity contribution in [3.05, 3.63) is 60.7 Å². The zero-order chi connectivity index (χ0) is 19.8. The Bertz CT molecular complexity index is 833. The Labute approximate surface area is 150 Å². The van der Waals surface area contributed by atoms with E-state index < -0.39 is 44.7 Å². The second-order valence-corrected chi connectivity index (χ2v) is 8.66. The standard InChI is InChI=1S/C12H10O2S.C4H7F3O3S/c13-15(14,11-7-3-1-4-8-11)12-9-5-2-6-10-12;5-4(6,7)2-1-3-11(8,9)10/h1-10H;1-3H2,(H,8,9,10). The van der Waals surface area contributed by atoms with E-state index in [2.05, 4.69) is 0 Å². The SMILES string of the molecule is O=S(=O)(O)CCCC(F)(F)F.O=S(=O)(c1ccccc1)c1ccccc1. The third-order valence-corrected chi connectivity index (χ3v) is 5.56. The zero-order valence-electron chi connectivity index (χ0n) is 13.4. The fraction of sp³-hybridized carbons (Fsp3) is 0.250. The highest BCUT2D eigenvalue weighted by molar-refractivity contribution is 7.91. The molecule has 0 saturated heterocycles. The second-order valence-electron chi connectivity index (χ2n) is 5.13. The van der Waals surface area contributed by atoms with E-state index in [1.54, 1.807) is 60.7 Å². The highest BCUT2D eigenvalue weighted by Gasteiger charge is 2.27.